The Balaban J connectivity index is 1.41. The quantitative estimate of drug-likeness (QED) is 0.813. The van der Waals surface area contributed by atoms with E-state index in [0.717, 1.165) is 38.4 Å². The highest BCUT2D eigenvalue weighted by molar-refractivity contribution is 5.93. The number of hydrogen-bond donors (Lipinski definition) is 0. The lowest BCUT2D eigenvalue weighted by molar-refractivity contribution is 0.0740. The van der Waals surface area contributed by atoms with E-state index in [4.69, 9.17) is 0 Å². The number of piperazine rings is 1. The summed E-state index contributed by atoms with van der Waals surface area (Å²) in [6, 6.07) is 3.64. The van der Waals surface area contributed by atoms with Crippen molar-refractivity contribution in [3.8, 4) is 0 Å². The molecule has 1 atom stereocenters. The third-order valence-electron chi connectivity index (χ3n) is 5.25. The Bertz CT molecular complexity index is 777. The SMILES string of the molecule is CC1CCCN(c2cc(C(=O)N3CCN(c4ncccn4)CC3)ncn2)C1. The molecule has 0 spiro atoms. The average molecular weight is 367 g/mol. The number of anilines is 2. The second kappa shape index (κ2) is 7.85. The lowest BCUT2D eigenvalue weighted by Gasteiger charge is -2.35. The normalized spacial score (nSPS) is 20.6. The second-order valence-corrected chi connectivity index (χ2v) is 7.28. The summed E-state index contributed by atoms with van der Waals surface area (Å²) in [4.78, 5) is 36.3. The zero-order valence-corrected chi connectivity index (χ0v) is 15.7. The highest BCUT2D eigenvalue weighted by Crippen LogP contribution is 2.22. The first-order valence-corrected chi connectivity index (χ1v) is 9.59. The Hall–Kier alpha value is -2.77. The largest absolute Gasteiger partial charge is 0.356 e. The minimum atomic E-state index is -0.0302. The fourth-order valence-corrected chi connectivity index (χ4v) is 3.76. The molecule has 8 heteroatoms. The molecule has 8 nitrogen and oxygen atoms in total. The molecule has 0 saturated carbocycles. The summed E-state index contributed by atoms with van der Waals surface area (Å²) in [5, 5.41) is 0. The van der Waals surface area contributed by atoms with Gasteiger partial charge in [-0.3, -0.25) is 4.79 Å². The molecule has 4 heterocycles. The van der Waals surface area contributed by atoms with Gasteiger partial charge in [-0.2, -0.15) is 0 Å². The predicted octanol–water partition coefficient (Wildman–Crippen LogP) is 1.47. The van der Waals surface area contributed by atoms with Crippen LogP contribution in [0.2, 0.25) is 0 Å². The van der Waals surface area contributed by atoms with E-state index in [1.165, 1.54) is 12.7 Å². The summed E-state index contributed by atoms with van der Waals surface area (Å²) in [6.45, 7) is 6.95. The first-order valence-electron chi connectivity index (χ1n) is 9.59. The molecule has 1 unspecified atom stereocenters. The van der Waals surface area contributed by atoms with E-state index in [1.54, 1.807) is 18.5 Å². The van der Waals surface area contributed by atoms with Crippen molar-refractivity contribution in [3.05, 3.63) is 36.5 Å². The summed E-state index contributed by atoms with van der Waals surface area (Å²) in [6.07, 6.45) is 7.41. The molecule has 0 aliphatic carbocycles. The zero-order chi connectivity index (χ0) is 18.6. The van der Waals surface area contributed by atoms with Gasteiger partial charge in [0.15, 0.2) is 0 Å². The van der Waals surface area contributed by atoms with Gasteiger partial charge in [0, 0.05) is 57.7 Å². The number of hydrogen-bond acceptors (Lipinski definition) is 7. The second-order valence-electron chi connectivity index (χ2n) is 7.28. The van der Waals surface area contributed by atoms with Gasteiger partial charge >= 0.3 is 0 Å². The molecule has 27 heavy (non-hydrogen) atoms. The number of nitrogens with zero attached hydrogens (tertiary/aromatic N) is 7. The van der Waals surface area contributed by atoms with Gasteiger partial charge in [-0.25, -0.2) is 19.9 Å². The average Bonchev–Trinajstić information content (AvgIpc) is 2.74. The van der Waals surface area contributed by atoms with Gasteiger partial charge in [-0.05, 0) is 24.8 Å². The van der Waals surface area contributed by atoms with Crippen LogP contribution < -0.4 is 9.80 Å². The molecule has 2 aromatic heterocycles. The topological polar surface area (TPSA) is 78.4 Å². The van der Waals surface area contributed by atoms with Crippen LogP contribution in [0.3, 0.4) is 0 Å². The molecular formula is C19H25N7O. The number of piperidine rings is 1. The minimum absolute atomic E-state index is 0.0302. The summed E-state index contributed by atoms with van der Waals surface area (Å²) >= 11 is 0. The highest BCUT2D eigenvalue weighted by atomic mass is 16.2. The van der Waals surface area contributed by atoms with Crippen LogP contribution >= 0.6 is 0 Å². The third-order valence-corrected chi connectivity index (χ3v) is 5.25. The first kappa shape index (κ1) is 17.6. The Kier molecular flexibility index (Phi) is 5.13. The van der Waals surface area contributed by atoms with Crippen LogP contribution in [0.15, 0.2) is 30.9 Å². The van der Waals surface area contributed by atoms with Crippen molar-refractivity contribution >= 4 is 17.7 Å². The van der Waals surface area contributed by atoms with Crippen LogP contribution in [0.25, 0.3) is 0 Å². The van der Waals surface area contributed by atoms with E-state index in [9.17, 15) is 4.79 Å². The molecule has 2 aromatic rings. The highest BCUT2D eigenvalue weighted by Gasteiger charge is 2.25. The van der Waals surface area contributed by atoms with Gasteiger partial charge in [0.25, 0.3) is 5.91 Å². The molecule has 2 saturated heterocycles. The van der Waals surface area contributed by atoms with Gasteiger partial charge in [0.2, 0.25) is 5.95 Å². The van der Waals surface area contributed by atoms with Crippen LogP contribution in [0.5, 0.6) is 0 Å². The van der Waals surface area contributed by atoms with E-state index in [1.807, 2.05) is 11.0 Å². The summed E-state index contributed by atoms with van der Waals surface area (Å²) in [5.74, 6) is 2.20. The van der Waals surface area contributed by atoms with Crippen molar-refractivity contribution in [2.75, 3.05) is 49.1 Å². The standard InChI is InChI=1S/C19H25N7O/c1-15-4-2-7-26(13-15)17-12-16(22-14-23-17)18(27)24-8-10-25(11-9-24)19-20-5-3-6-21-19/h3,5-6,12,14-15H,2,4,7-11,13H2,1H3. The van der Waals surface area contributed by atoms with Crippen LogP contribution in [-0.4, -0.2) is 70.0 Å². The van der Waals surface area contributed by atoms with E-state index in [-0.39, 0.29) is 5.91 Å². The molecule has 2 aliphatic rings. The lowest BCUT2D eigenvalue weighted by atomic mass is 10.0. The number of amides is 1. The first-order chi connectivity index (χ1) is 13.2. The minimum Gasteiger partial charge on any atom is -0.356 e. The van der Waals surface area contributed by atoms with Gasteiger partial charge < -0.3 is 14.7 Å². The molecule has 0 N–H and O–H groups in total. The zero-order valence-electron chi connectivity index (χ0n) is 15.7. The molecular weight excluding hydrogens is 342 g/mol. The molecule has 2 aliphatic heterocycles. The van der Waals surface area contributed by atoms with Crippen LogP contribution in [-0.2, 0) is 0 Å². The predicted molar refractivity (Wildman–Crippen MR) is 103 cm³/mol. The number of carbonyl (C=O) groups excluding carboxylic acids is 1. The maximum atomic E-state index is 12.9. The Morgan fingerprint density at radius 2 is 1.78 bits per heavy atom. The smallest absolute Gasteiger partial charge is 0.272 e. The summed E-state index contributed by atoms with van der Waals surface area (Å²) in [5.41, 5.74) is 0.475. The van der Waals surface area contributed by atoms with Crippen molar-refractivity contribution < 1.29 is 4.79 Å². The molecule has 0 radical (unpaired) electrons. The van der Waals surface area contributed by atoms with E-state index < -0.39 is 0 Å². The molecule has 0 bridgehead atoms. The van der Waals surface area contributed by atoms with Crippen molar-refractivity contribution in [1.29, 1.82) is 0 Å². The Morgan fingerprint density at radius 1 is 1.00 bits per heavy atom. The van der Waals surface area contributed by atoms with Gasteiger partial charge in [-0.1, -0.05) is 6.92 Å². The van der Waals surface area contributed by atoms with Crippen LogP contribution in [0, 0.1) is 5.92 Å². The fourth-order valence-electron chi connectivity index (χ4n) is 3.76. The van der Waals surface area contributed by atoms with Gasteiger partial charge in [0.05, 0.1) is 0 Å². The fraction of sp³-hybridized carbons (Fsp3) is 0.526. The number of rotatable bonds is 3. The molecule has 1 amide bonds. The Labute approximate surface area is 159 Å². The van der Waals surface area contributed by atoms with Crippen LogP contribution in [0.1, 0.15) is 30.3 Å². The lowest BCUT2D eigenvalue weighted by Crippen LogP contribution is -2.49. The summed E-state index contributed by atoms with van der Waals surface area (Å²) < 4.78 is 0. The molecule has 2 fully saturated rings. The third kappa shape index (κ3) is 3.99. The number of carbonyl (C=O) groups is 1. The van der Waals surface area contributed by atoms with E-state index in [0.29, 0.717) is 30.6 Å². The van der Waals surface area contributed by atoms with Crippen molar-refractivity contribution in [2.24, 2.45) is 5.92 Å². The molecule has 142 valence electrons. The van der Waals surface area contributed by atoms with Crippen molar-refractivity contribution in [2.45, 2.75) is 19.8 Å². The van der Waals surface area contributed by atoms with E-state index >= 15 is 0 Å². The van der Waals surface area contributed by atoms with Gasteiger partial charge in [-0.15, -0.1) is 0 Å². The Morgan fingerprint density at radius 3 is 2.52 bits per heavy atom. The van der Waals surface area contributed by atoms with E-state index in [2.05, 4.69) is 36.7 Å². The van der Waals surface area contributed by atoms with Gasteiger partial charge in [0.1, 0.15) is 17.8 Å². The van der Waals surface area contributed by atoms with Crippen LogP contribution in [0.4, 0.5) is 11.8 Å². The number of aromatic nitrogens is 4. The van der Waals surface area contributed by atoms with Crippen molar-refractivity contribution in [3.63, 3.8) is 0 Å². The maximum Gasteiger partial charge on any atom is 0.272 e. The van der Waals surface area contributed by atoms with Crippen molar-refractivity contribution in [1.82, 2.24) is 24.8 Å². The monoisotopic (exact) mass is 367 g/mol. The summed E-state index contributed by atoms with van der Waals surface area (Å²) in [7, 11) is 0. The maximum absolute atomic E-state index is 12.9. The molecule has 0 aromatic carbocycles. The molecule has 4 rings (SSSR count).